The highest BCUT2D eigenvalue weighted by Gasteiger charge is 2.36. The van der Waals surface area contributed by atoms with Gasteiger partial charge in [-0.3, -0.25) is 9.59 Å². The highest BCUT2D eigenvalue weighted by molar-refractivity contribution is 6.25. The molecule has 0 saturated carbocycles. The molecule has 3 rings (SSSR count). The normalized spacial score (nSPS) is 20.5. The number of Topliss-reactive ketones (excluding diaryl/α,β-unsaturated/α-hetero) is 1. The average Bonchev–Trinajstić information content (AvgIpc) is 2.80. The molecular weight excluding hydrogens is 278 g/mol. The van der Waals surface area contributed by atoms with Crippen LogP contribution in [0.1, 0.15) is 37.3 Å². The number of carbonyl (C=O) groups excluding carboxylic acids is 2. The van der Waals surface area contributed by atoms with Gasteiger partial charge < -0.3 is 5.11 Å². The maximum atomic E-state index is 12.4. The summed E-state index contributed by atoms with van der Waals surface area (Å²) < 4.78 is 0. The summed E-state index contributed by atoms with van der Waals surface area (Å²) in [7, 11) is 0. The number of carbonyl (C=O) groups is 2. The standard InChI is InChI=1S/C18H17NO3/c1-2-3-5-12-10-15(21)16(18(12)22)13-9-8-11-6-4-7-14(20)17(11)19-13/h2,6,8-10,16,20H,1,3-5,7H2. The molecular formula is C18H17NO3. The van der Waals surface area contributed by atoms with Gasteiger partial charge in [-0.1, -0.05) is 18.2 Å². The topological polar surface area (TPSA) is 67.3 Å². The summed E-state index contributed by atoms with van der Waals surface area (Å²) in [6.07, 6.45) is 7.66. The predicted octanol–water partition coefficient (Wildman–Crippen LogP) is 1.45. The van der Waals surface area contributed by atoms with E-state index in [0.717, 1.165) is 11.6 Å². The zero-order chi connectivity index (χ0) is 15.7. The van der Waals surface area contributed by atoms with Gasteiger partial charge in [0.15, 0.2) is 11.6 Å². The molecule has 0 radical (unpaired) electrons. The number of pyridine rings is 1. The lowest BCUT2D eigenvalue weighted by atomic mass is 9.96. The second kappa shape index (κ2) is 5.72. The lowest BCUT2D eigenvalue weighted by molar-refractivity contribution is -0.123. The number of aliphatic hydroxyl groups excluding tert-OH is 1. The number of rotatable bonds is 4. The van der Waals surface area contributed by atoms with Crippen molar-refractivity contribution in [2.75, 3.05) is 0 Å². The molecule has 22 heavy (non-hydrogen) atoms. The van der Waals surface area contributed by atoms with Crippen LogP contribution in [0.5, 0.6) is 0 Å². The third kappa shape index (κ3) is 2.41. The minimum absolute atomic E-state index is 0.182. The van der Waals surface area contributed by atoms with Gasteiger partial charge in [0.2, 0.25) is 0 Å². The van der Waals surface area contributed by atoms with Crippen LogP contribution in [0.4, 0.5) is 0 Å². The van der Waals surface area contributed by atoms with Crippen molar-refractivity contribution < 1.29 is 14.7 Å². The van der Waals surface area contributed by atoms with Crippen molar-refractivity contribution >= 4 is 23.4 Å². The Kier molecular flexibility index (Phi) is 3.75. The Morgan fingerprint density at radius 1 is 1.36 bits per heavy atom. The van der Waals surface area contributed by atoms with Crippen LogP contribution in [-0.2, 0) is 9.59 Å². The number of ketones is 2. The van der Waals surface area contributed by atoms with Crippen molar-refractivity contribution in [1.82, 2.24) is 4.98 Å². The summed E-state index contributed by atoms with van der Waals surface area (Å²) >= 11 is 0. The van der Waals surface area contributed by atoms with Gasteiger partial charge in [-0.15, -0.1) is 6.58 Å². The molecule has 1 heterocycles. The number of allylic oxidation sites excluding steroid dienone is 3. The van der Waals surface area contributed by atoms with Crippen molar-refractivity contribution in [3.63, 3.8) is 0 Å². The van der Waals surface area contributed by atoms with E-state index in [1.165, 1.54) is 6.08 Å². The third-order valence-corrected chi connectivity index (χ3v) is 4.06. The van der Waals surface area contributed by atoms with Crippen LogP contribution < -0.4 is 10.6 Å². The Balaban J connectivity index is 1.98. The molecule has 2 aliphatic rings. The second-order valence-corrected chi connectivity index (χ2v) is 5.56. The fraction of sp³-hybridized carbons (Fsp3) is 0.278. The number of hydrogen-bond acceptors (Lipinski definition) is 4. The first-order valence-electron chi connectivity index (χ1n) is 7.40. The number of fused-ring (bicyclic) bond motifs is 1. The van der Waals surface area contributed by atoms with Crippen molar-refractivity contribution in [2.45, 2.75) is 31.6 Å². The SMILES string of the molecule is C=CCCC1=CC(=O)C(c2ccc3c(n2)=C(O)CCC=3)C1=O. The zero-order valence-electron chi connectivity index (χ0n) is 12.2. The van der Waals surface area contributed by atoms with E-state index in [0.29, 0.717) is 35.9 Å². The molecule has 0 amide bonds. The fourth-order valence-corrected chi connectivity index (χ4v) is 2.90. The highest BCUT2D eigenvalue weighted by atomic mass is 16.3. The minimum Gasteiger partial charge on any atom is -0.510 e. The first kappa shape index (κ1) is 14.4. The summed E-state index contributed by atoms with van der Waals surface area (Å²) in [5.74, 6) is -1.05. The largest absolute Gasteiger partial charge is 0.510 e. The van der Waals surface area contributed by atoms with E-state index in [1.807, 2.05) is 12.1 Å². The first-order chi connectivity index (χ1) is 10.6. The fourth-order valence-electron chi connectivity index (χ4n) is 2.90. The average molecular weight is 295 g/mol. The smallest absolute Gasteiger partial charge is 0.175 e. The maximum absolute atomic E-state index is 12.4. The van der Waals surface area contributed by atoms with E-state index in [-0.39, 0.29) is 17.3 Å². The number of aromatic nitrogens is 1. The number of hydrogen-bond donors (Lipinski definition) is 1. The molecule has 1 aromatic rings. The summed E-state index contributed by atoms with van der Waals surface area (Å²) in [5, 5.41) is 11.3. The number of nitrogens with zero attached hydrogens (tertiary/aromatic N) is 1. The molecule has 0 aromatic carbocycles. The van der Waals surface area contributed by atoms with Crippen LogP contribution in [0.15, 0.2) is 36.4 Å². The molecule has 1 N–H and O–H groups in total. The summed E-state index contributed by atoms with van der Waals surface area (Å²) in [5.41, 5.74) is 0.953. The van der Waals surface area contributed by atoms with Crippen molar-refractivity contribution in [3.8, 4) is 0 Å². The van der Waals surface area contributed by atoms with E-state index < -0.39 is 5.92 Å². The van der Waals surface area contributed by atoms with E-state index in [9.17, 15) is 14.7 Å². The third-order valence-electron chi connectivity index (χ3n) is 4.06. The van der Waals surface area contributed by atoms with Crippen LogP contribution in [0.25, 0.3) is 11.8 Å². The Bertz CT molecular complexity index is 817. The van der Waals surface area contributed by atoms with E-state index in [2.05, 4.69) is 11.6 Å². The van der Waals surface area contributed by atoms with E-state index in [1.54, 1.807) is 12.1 Å². The van der Waals surface area contributed by atoms with Gasteiger partial charge in [0, 0.05) is 12.0 Å². The van der Waals surface area contributed by atoms with Gasteiger partial charge in [0.25, 0.3) is 0 Å². The van der Waals surface area contributed by atoms with E-state index in [4.69, 9.17) is 0 Å². The van der Waals surface area contributed by atoms with Crippen molar-refractivity contribution in [3.05, 3.63) is 52.7 Å². The monoisotopic (exact) mass is 295 g/mol. The Morgan fingerprint density at radius 3 is 2.95 bits per heavy atom. The highest BCUT2D eigenvalue weighted by Crippen LogP contribution is 2.28. The van der Waals surface area contributed by atoms with Crippen LogP contribution in [0.2, 0.25) is 0 Å². The lowest BCUT2D eigenvalue weighted by Crippen LogP contribution is -2.35. The Hall–Kier alpha value is -2.49. The quantitative estimate of drug-likeness (QED) is 0.674. The molecule has 0 bridgehead atoms. The summed E-state index contributed by atoms with van der Waals surface area (Å²) in [4.78, 5) is 29.0. The molecule has 0 fully saturated rings. The molecule has 1 atom stereocenters. The van der Waals surface area contributed by atoms with Crippen LogP contribution >= 0.6 is 0 Å². The molecule has 4 nitrogen and oxygen atoms in total. The Morgan fingerprint density at radius 2 is 2.18 bits per heavy atom. The maximum Gasteiger partial charge on any atom is 0.175 e. The minimum atomic E-state index is -0.861. The molecule has 0 aliphatic heterocycles. The molecule has 1 unspecified atom stereocenters. The van der Waals surface area contributed by atoms with Gasteiger partial charge in [-0.2, -0.15) is 0 Å². The van der Waals surface area contributed by atoms with Crippen LogP contribution in [0.3, 0.4) is 0 Å². The molecule has 112 valence electrons. The second-order valence-electron chi connectivity index (χ2n) is 5.56. The molecule has 0 saturated heterocycles. The van der Waals surface area contributed by atoms with Crippen LogP contribution in [-0.4, -0.2) is 21.7 Å². The van der Waals surface area contributed by atoms with Gasteiger partial charge in [-0.05, 0) is 36.6 Å². The summed E-state index contributed by atoms with van der Waals surface area (Å²) in [6, 6.07) is 3.52. The molecule has 2 aliphatic carbocycles. The van der Waals surface area contributed by atoms with Crippen LogP contribution in [0, 0.1) is 0 Å². The van der Waals surface area contributed by atoms with Crippen molar-refractivity contribution in [1.29, 1.82) is 0 Å². The zero-order valence-corrected chi connectivity index (χ0v) is 12.2. The Labute approximate surface area is 128 Å². The molecule has 4 heteroatoms. The summed E-state index contributed by atoms with van der Waals surface area (Å²) in [6.45, 7) is 3.63. The molecule has 1 aromatic heterocycles. The first-order valence-corrected chi connectivity index (χ1v) is 7.40. The van der Waals surface area contributed by atoms with Gasteiger partial charge in [0.05, 0.1) is 5.69 Å². The number of aliphatic hydroxyl groups is 1. The van der Waals surface area contributed by atoms with Gasteiger partial charge >= 0.3 is 0 Å². The predicted molar refractivity (Wildman–Crippen MR) is 83.5 cm³/mol. The molecule has 0 spiro atoms. The van der Waals surface area contributed by atoms with Crippen molar-refractivity contribution in [2.24, 2.45) is 0 Å². The van der Waals surface area contributed by atoms with E-state index >= 15 is 0 Å². The lowest BCUT2D eigenvalue weighted by Gasteiger charge is -2.10. The van der Waals surface area contributed by atoms with Gasteiger partial charge in [-0.25, -0.2) is 4.98 Å². The van der Waals surface area contributed by atoms with Gasteiger partial charge in [0.1, 0.15) is 17.0 Å².